The second-order valence-electron chi connectivity index (χ2n) is 4.91. The number of aryl methyl sites for hydroxylation is 1. The molecule has 2 rings (SSSR count). The normalized spacial score (nSPS) is 11.6. The summed E-state index contributed by atoms with van der Waals surface area (Å²) in [4.78, 5) is 23.8. The number of hydrogen-bond donors (Lipinski definition) is 1. The molecule has 0 fully saturated rings. The molecule has 0 aliphatic heterocycles. The molecule has 1 N–H and O–H groups in total. The first-order valence-corrected chi connectivity index (χ1v) is 6.80. The highest BCUT2D eigenvalue weighted by Crippen LogP contribution is 2.11. The fraction of sp³-hybridized carbons (Fsp3) is 0.176. The van der Waals surface area contributed by atoms with Crippen LogP contribution in [0.3, 0.4) is 0 Å². The van der Waals surface area contributed by atoms with Crippen molar-refractivity contribution >= 4 is 17.6 Å². The van der Waals surface area contributed by atoms with E-state index < -0.39 is 23.8 Å². The lowest BCUT2D eigenvalue weighted by atomic mass is 10.2. The van der Waals surface area contributed by atoms with Gasteiger partial charge in [0.05, 0.1) is 5.56 Å². The van der Waals surface area contributed by atoms with Crippen LogP contribution in [-0.4, -0.2) is 18.0 Å². The Morgan fingerprint density at radius 3 is 2.23 bits per heavy atom. The molecule has 1 atom stereocenters. The van der Waals surface area contributed by atoms with Crippen molar-refractivity contribution in [1.82, 2.24) is 0 Å². The molecule has 0 saturated carbocycles. The van der Waals surface area contributed by atoms with Gasteiger partial charge in [-0.2, -0.15) is 0 Å². The molecule has 22 heavy (non-hydrogen) atoms. The molecule has 0 spiro atoms. The van der Waals surface area contributed by atoms with Gasteiger partial charge >= 0.3 is 5.97 Å². The van der Waals surface area contributed by atoms with E-state index >= 15 is 0 Å². The Morgan fingerprint density at radius 1 is 1.05 bits per heavy atom. The minimum Gasteiger partial charge on any atom is -0.449 e. The van der Waals surface area contributed by atoms with Crippen molar-refractivity contribution in [1.29, 1.82) is 0 Å². The maximum atomic E-state index is 12.8. The van der Waals surface area contributed by atoms with Crippen LogP contribution < -0.4 is 5.32 Å². The second kappa shape index (κ2) is 6.85. The predicted molar refractivity (Wildman–Crippen MR) is 81.1 cm³/mol. The second-order valence-corrected chi connectivity index (χ2v) is 4.91. The Labute approximate surface area is 127 Å². The van der Waals surface area contributed by atoms with Gasteiger partial charge < -0.3 is 10.1 Å². The highest BCUT2D eigenvalue weighted by Gasteiger charge is 2.19. The van der Waals surface area contributed by atoms with Crippen molar-refractivity contribution in [3.05, 3.63) is 65.5 Å². The minimum atomic E-state index is -0.959. The van der Waals surface area contributed by atoms with E-state index in [2.05, 4.69) is 5.32 Å². The Bertz CT molecular complexity index is 665. The van der Waals surface area contributed by atoms with E-state index in [-0.39, 0.29) is 5.56 Å². The number of carbonyl (C=O) groups excluding carboxylic acids is 2. The number of nitrogens with one attached hydrogen (secondary N) is 1. The van der Waals surface area contributed by atoms with Crippen LogP contribution in [0.5, 0.6) is 0 Å². The summed E-state index contributed by atoms with van der Waals surface area (Å²) in [5.74, 6) is -1.55. The fourth-order valence-electron chi connectivity index (χ4n) is 1.75. The van der Waals surface area contributed by atoms with Crippen LogP contribution in [0.2, 0.25) is 0 Å². The van der Waals surface area contributed by atoms with Gasteiger partial charge in [0.2, 0.25) is 0 Å². The monoisotopic (exact) mass is 301 g/mol. The highest BCUT2D eigenvalue weighted by atomic mass is 19.1. The maximum absolute atomic E-state index is 12.8. The number of halogens is 1. The number of hydrogen-bond acceptors (Lipinski definition) is 3. The molecule has 0 aliphatic rings. The number of rotatable bonds is 4. The highest BCUT2D eigenvalue weighted by molar-refractivity contribution is 5.97. The molecule has 5 heteroatoms. The third kappa shape index (κ3) is 4.15. The van der Waals surface area contributed by atoms with Crippen molar-refractivity contribution < 1.29 is 18.7 Å². The van der Waals surface area contributed by atoms with Crippen molar-refractivity contribution in [2.24, 2.45) is 0 Å². The third-order valence-electron chi connectivity index (χ3n) is 3.05. The van der Waals surface area contributed by atoms with Gasteiger partial charge in [-0.05, 0) is 50.2 Å². The van der Waals surface area contributed by atoms with E-state index in [9.17, 15) is 14.0 Å². The largest absolute Gasteiger partial charge is 0.449 e. The number of anilines is 1. The van der Waals surface area contributed by atoms with Gasteiger partial charge in [-0.25, -0.2) is 9.18 Å². The van der Waals surface area contributed by atoms with Gasteiger partial charge in [-0.1, -0.05) is 17.7 Å². The topological polar surface area (TPSA) is 55.4 Å². The molecule has 0 radical (unpaired) electrons. The first kappa shape index (κ1) is 15.7. The molecule has 114 valence electrons. The van der Waals surface area contributed by atoms with Gasteiger partial charge in [0, 0.05) is 5.69 Å². The van der Waals surface area contributed by atoms with Crippen LogP contribution in [0.1, 0.15) is 22.8 Å². The molecule has 0 unspecified atom stereocenters. The van der Waals surface area contributed by atoms with Gasteiger partial charge in [-0.15, -0.1) is 0 Å². The van der Waals surface area contributed by atoms with Crippen molar-refractivity contribution in [2.75, 3.05) is 5.32 Å². The zero-order valence-electron chi connectivity index (χ0n) is 12.3. The fourth-order valence-corrected chi connectivity index (χ4v) is 1.75. The summed E-state index contributed by atoms with van der Waals surface area (Å²) in [6, 6.07) is 12.2. The average molecular weight is 301 g/mol. The number of esters is 1. The molecule has 2 aromatic carbocycles. The van der Waals surface area contributed by atoms with Gasteiger partial charge in [0.25, 0.3) is 5.91 Å². The summed E-state index contributed by atoms with van der Waals surface area (Å²) < 4.78 is 17.9. The zero-order chi connectivity index (χ0) is 16.1. The van der Waals surface area contributed by atoms with Crippen LogP contribution in [0.15, 0.2) is 48.5 Å². The molecule has 1 amide bonds. The lowest BCUT2D eigenvalue weighted by Crippen LogP contribution is -2.30. The summed E-state index contributed by atoms with van der Waals surface area (Å²) in [6.07, 6.45) is -0.959. The van der Waals surface area contributed by atoms with Gasteiger partial charge in [0.1, 0.15) is 5.82 Å². The summed E-state index contributed by atoms with van der Waals surface area (Å²) in [5.41, 5.74) is 1.89. The molecule has 4 nitrogen and oxygen atoms in total. The number of carbonyl (C=O) groups is 2. The van der Waals surface area contributed by atoms with Crippen LogP contribution >= 0.6 is 0 Å². The van der Waals surface area contributed by atoms with Crippen molar-refractivity contribution in [3.8, 4) is 0 Å². The Hall–Kier alpha value is -2.69. The van der Waals surface area contributed by atoms with E-state index in [1.165, 1.54) is 19.1 Å². The zero-order valence-corrected chi connectivity index (χ0v) is 12.3. The number of amides is 1. The molecule has 0 aliphatic carbocycles. The van der Waals surface area contributed by atoms with Crippen molar-refractivity contribution in [2.45, 2.75) is 20.0 Å². The lowest BCUT2D eigenvalue weighted by Gasteiger charge is -2.13. The summed E-state index contributed by atoms with van der Waals surface area (Å²) in [5, 5.41) is 2.66. The van der Waals surface area contributed by atoms with Gasteiger partial charge in [-0.3, -0.25) is 4.79 Å². The Morgan fingerprint density at radius 2 is 1.64 bits per heavy atom. The van der Waals surface area contributed by atoms with Crippen molar-refractivity contribution in [3.63, 3.8) is 0 Å². The van der Waals surface area contributed by atoms with E-state index in [1.54, 1.807) is 12.1 Å². The van der Waals surface area contributed by atoms with E-state index in [4.69, 9.17) is 4.74 Å². The smallest absolute Gasteiger partial charge is 0.338 e. The quantitative estimate of drug-likeness (QED) is 0.881. The SMILES string of the molecule is Cc1ccc(NC(=O)[C@H](C)OC(=O)c2ccc(F)cc2)cc1. The van der Waals surface area contributed by atoms with E-state index in [1.807, 2.05) is 19.1 Å². The van der Waals surface area contributed by atoms with Crippen LogP contribution in [0, 0.1) is 12.7 Å². The third-order valence-corrected chi connectivity index (χ3v) is 3.05. The molecule has 0 saturated heterocycles. The first-order chi connectivity index (χ1) is 10.5. The Balaban J connectivity index is 1.94. The molecule has 2 aromatic rings. The predicted octanol–water partition coefficient (Wildman–Crippen LogP) is 3.32. The van der Waals surface area contributed by atoms with E-state index in [0.29, 0.717) is 5.69 Å². The first-order valence-electron chi connectivity index (χ1n) is 6.80. The van der Waals surface area contributed by atoms with Crippen LogP contribution in [-0.2, 0) is 9.53 Å². The maximum Gasteiger partial charge on any atom is 0.338 e. The Kier molecular flexibility index (Phi) is 4.88. The van der Waals surface area contributed by atoms with Crippen LogP contribution in [0.25, 0.3) is 0 Å². The van der Waals surface area contributed by atoms with Gasteiger partial charge in [0.15, 0.2) is 6.10 Å². The molecular weight excluding hydrogens is 285 g/mol. The summed E-state index contributed by atoms with van der Waals surface area (Å²) in [6.45, 7) is 3.42. The molecule has 0 heterocycles. The summed E-state index contributed by atoms with van der Waals surface area (Å²) >= 11 is 0. The number of benzene rings is 2. The average Bonchev–Trinajstić information content (AvgIpc) is 2.50. The standard InChI is InChI=1S/C17H16FNO3/c1-11-3-9-15(10-4-11)19-16(20)12(2)22-17(21)13-5-7-14(18)8-6-13/h3-10,12H,1-2H3,(H,19,20)/t12-/m0/s1. The molecule has 0 bridgehead atoms. The molecule has 0 aromatic heterocycles. The van der Waals surface area contributed by atoms with E-state index in [0.717, 1.165) is 17.7 Å². The van der Waals surface area contributed by atoms with Crippen LogP contribution in [0.4, 0.5) is 10.1 Å². The minimum absolute atomic E-state index is 0.191. The molecular formula is C17H16FNO3. The lowest BCUT2D eigenvalue weighted by molar-refractivity contribution is -0.123. The summed E-state index contributed by atoms with van der Waals surface area (Å²) in [7, 11) is 0. The number of ether oxygens (including phenoxy) is 1.